The van der Waals surface area contributed by atoms with E-state index in [4.69, 9.17) is 5.73 Å². The van der Waals surface area contributed by atoms with Gasteiger partial charge < -0.3 is 5.73 Å². The highest BCUT2D eigenvalue weighted by Gasteiger charge is 2.20. The Bertz CT molecular complexity index is 656. The summed E-state index contributed by atoms with van der Waals surface area (Å²) in [4.78, 5) is 5.47. The second-order valence-electron chi connectivity index (χ2n) is 4.05. The number of para-hydroxylation sites is 1. The molecule has 0 aliphatic rings. The summed E-state index contributed by atoms with van der Waals surface area (Å²) in [5.41, 5.74) is 6.86. The van der Waals surface area contributed by atoms with Crippen LogP contribution in [0.25, 0.3) is 0 Å². The highest BCUT2D eigenvalue weighted by molar-refractivity contribution is 7.91. The molecule has 1 aromatic carbocycles. The summed E-state index contributed by atoms with van der Waals surface area (Å²) in [7, 11) is -3.42. The van der Waals surface area contributed by atoms with Crippen molar-refractivity contribution in [3.8, 4) is 0 Å². The van der Waals surface area contributed by atoms with Gasteiger partial charge in [0.25, 0.3) is 0 Å². The van der Waals surface area contributed by atoms with Crippen LogP contribution >= 0.6 is 11.3 Å². The molecule has 0 fully saturated rings. The summed E-state index contributed by atoms with van der Waals surface area (Å²) in [5, 5.41) is 0.605. The molecule has 0 amide bonds. The Hall–Kier alpha value is -1.40. The van der Waals surface area contributed by atoms with Gasteiger partial charge in [0.1, 0.15) is 10.8 Å². The zero-order valence-electron chi connectivity index (χ0n) is 10.2. The molecule has 0 saturated carbocycles. The zero-order valence-corrected chi connectivity index (χ0v) is 11.8. The number of anilines is 1. The van der Waals surface area contributed by atoms with Crippen LogP contribution in [0.5, 0.6) is 0 Å². The van der Waals surface area contributed by atoms with E-state index in [1.54, 1.807) is 18.2 Å². The molecule has 1 heterocycles. The van der Waals surface area contributed by atoms with E-state index in [0.29, 0.717) is 5.01 Å². The number of aryl methyl sites for hydroxylation is 2. The van der Waals surface area contributed by atoms with Crippen molar-refractivity contribution in [3.05, 3.63) is 39.8 Å². The highest BCUT2D eigenvalue weighted by Crippen LogP contribution is 2.25. The predicted octanol–water partition coefficient (Wildman–Crippen LogP) is 2.32. The van der Waals surface area contributed by atoms with Gasteiger partial charge in [0.05, 0.1) is 16.3 Å². The molecule has 96 valence electrons. The third-order valence-electron chi connectivity index (χ3n) is 2.64. The van der Waals surface area contributed by atoms with Crippen molar-refractivity contribution in [3.63, 3.8) is 0 Å². The molecular weight excluding hydrogens is 268 g/mol. The summed E-state index contributed by atoms with van der Waals surface area (Å²) in [5.74, 6) is -0.0967. The van der Waals surface area contributed by atoms with Crippen LogP contribution in [-0.4, -0.2) is 13.4 Å². The first-order valence-corrected chi connectivity index (χ1v) is 7.87. The van der Waals surface area contributed by atoms with Gasteiger partial charge in [-0.25, -0.2) is 13.4 Å². The van der Waals surface area contributed by atoms with Crippen LogP contribution in [0.2, 0.25) is 0 Å². The van der Waals surface area contributed by atoms with Crippen molar-refractivity contribution >= 4 is 26.9 Å². The minimum Gasteiger partial charge on any atom is -0.398 e. The van der Waals surface area contributed by atoms with Crippen molar-refractivity contribution in [2.75, 3.05) is 5.73 Å². The minimum atomic E-state index is -3.42. The minimum absolute atomic E-state index is 0.0967. The number of hydrogen-bond acceptors (Lipinski definition) is 5. The lowest BCUT2D eigenvalue weighted by atomic mass is 10.3. The zero-order chi connectivity index (χ0) is 13.3. The van der Waals surface area contributed by atoms with Crippen molar-refractivity contribution in [1.82, 2.24) is 4.98 Å². The van der Waals surface area contributed by atoms with Crippen LogP contribution in [0.3, 0.4) is 0 Å². The van der Waals surface area contributed by atoms with Gasteiger partial charge in [0, 0.05) is 4.88 Å². The molecule has 0 atom stereocenters. The number of thiazole rings is 1. The molecule has 2 N–H and O–H groups in total. The fraction of sp³-hybridized carbons (Fsp3) is 0.250. The molecule has 2 rings (SSSR count). The number of benzene rings is 1. The van der Waals surface area contributed by atoms with E-state index in [9.17, 15) is 8.42 Å². The summed E-state index contributed by atoms with van der Waals surface area (Å²) in [6.07, 6.45) is 0. The highest BCUT2D eigenvalue weighted by atomic mass is 32.2. The van der Waals surface area contributed by atoms with Crippen LogP contribution in [0.4, 0.5) is 5.69 Å². The lowest BCUT2D eigenvalue weighted by molar-refractivity contribution is 0.595. The number of rotatable bonds is 3. The van der Waals surface area contributed by atoms with Crippen LogP contribution in [0.15, 0.2) is 29.2 Å². The Morgan fingerprint density at radius 3 is 2.50 bits per heavy atom. The number of aromatic nitrogens is 1. The van der Waals surface area contributed by atoms with Gasteiger partial charge in [-0.05, 0) is 26.0 Å². The molecule has 0 spiro atoms. The Kier molecular flexibility index (Phi) is 3.41. The van der Waals surface area contributed by atoms with Gasteiger partial charge in [-0.15, -0.1) is 11.3 Å². The molecule has 2 aromatic rings. The number of nitrogen functional groups attached to an aromatic ring is 1. The van der Waals surface area contributed by atoms with Crippen molar-refractivity contribution < 1.29 is 8.42 Å². The standard InChI is InChI=1S/C12H14N2O2S2/c1-8-9(2)17-12(14-8)7-18(15,16)11-6-4-3-5-10(11)13/h3-6H,7,13H2,1-2H3. The number of sulfone groups is 1. The lowest BCUT2D eigenvalue weighted by Crippen LogP contribution is -2.07. The van der Waals surface area contributed by atoms with Crippen molar-refractivity contribution in [1.29, 1.82) is 0 Å². The van der Waals surface area contributed by atoms with E-state index in [1.807, 2.05) is 13.8 Å². The number of nitrogens with two attached hydrogens (primary N) is 1. The monoisotopic (exact) mass is 282 g/mol. The molecule has 0 bridgehead atoms. The van der Waals surface area contributed by atoms with Gasteiger partial charge >= 0.3 is 0 Å². The largest absolute Gasteiger partial charge is 0.398 e. The maximum Gasteiger partial charge on any atom is 0.186 e. The molecule has 0 saturated heterocycles. The summed E-state index contributed by atoms with van der Waals surface area (Å²) >= 11 is 1.41. The van der Waals surface area contributed by atoms with E-state index in [2.05, 4.69) is 4.98 Å². The van der Waals surface area contributed by atoms with Gasteiger partial charge in [0.2, 0.25) is 0 Å². The third kappa shape index (κ3) is 2.54. The molecule has 0 aliphatic carbocycles. The van der Waals surface area contributed by atoms with Gasteiger partial charge in [-0.3, -0.25) is 0 Å². The molecule has 18 heavy (non-hydrogen) atoms. The van der Waals surface area contributed by atoms with Crippen LogP contribution in [0, 0.1) is 13.8 Å². The molecule has 0 unspecified atom stereocenters. The van der Waals surface area contributed by atoms with Gasteiger partial charge in [-0.1, -0.05) is 12.1 Å². The average Bonchev–Trinajstić information content (AvgIpc) is 2.57. The first-order chi connectivity index (χ1) is 8.40. The van der Waals surface area contributed by atoms with E-state index in [-0.39, 0.29) is 16.3 Å². The molecule has 0 radical (unpaired) electrons. The Morgan fingerprint density at radius 1 is 1.28 bits per heavy atom. The maximum atomic E-state index is 12.2. The second-order valence-corrected chi connectivity index (χ2v) is 7.29. The average molecular weight is 282 g/mol. The van der Waals surface area contributed by atoms with E-state index >= 15 is 0 Å². The Balaban J connectivity index is 2.36. The van der Waals surface area contributed by atoms with E-state index < -0.39 is 9.84 Å². The predicted molar refractivity (Wildman–Crippen MR) is 73.3 cm³/mol. The van der Waals surface area contributed by atoms with Gasteiger partial charge in [0.15, 0.2) is 9.84 Å². The maximum absolute atomic E-state index is 12.2. The fourth-order valence-electron chi connectivity index (χ4n) is 1.60. The first-order valence-electron chi connectivity index (χ1n) is 5.40. The quantitative estimate of drug-likeness (QED) is 0.877. The van der Waals surface area contributed by atoms with Crippen molar-refractivity contribution in [2.24, 2.45) is 0 Å². The summed E-state index contributed by atoms with van der Waals surface area (Å²) < 4.78 is 24.5. The van der Waals surface area contributed by atoms with Crippen molar-refractivity contribution in [2.45, 2.75) is 24.5 Å². The molecule has 6 heteroatoms. The molecule has 4 nitrogen and oxygen atoms in total. The molecule has 0 aliphatic heterocycles. The normalized spacial score (nSPS) is 11.7. The SMILES string of the molecule is Cc1nc(CS(=O)(=O)c2ccccc2N)sc1C. The Morgan fingerprint density at radius 2 is 1.94 bits per heavy atom. The summed E-state index contributed by atoms with van der Waals surface area (Å²) in [6, 6.07) is 6.50. The molecule has 1 aromatic heterocycles. The van der Waals surface area contributed by atoms with E-state index in [1.165, 1.54) is 17.4 Å². The number of hydrogen-bond donors (Lipinski definition) is 1. The second kappa shape index (κ2) is 4.70. The lowest BCUT2D eigenvalue weighted by Gasteiger charge is -2.05. The fourth-order valence-corrected chi connectivity index (χ4v) is 4.29. The Labute approximate surface area is 110 Å². The van der Waals surface area contributed by atoms with Crippen LogP contribution in [-0.2, 0) is 15.6 Å². The molecular formula is C12H14N2O2S2. The third-order valence-corrected chi connectivity index (χ3v) is 5.59. The topological polar surface area (TPSA) is 73.0 Å². The van der Waals surface area contributed by atoms with E-state index in [0.717, 1.165) is 10.6 Å². The van der Waals surface area contributed by atoms with Crippen LogP contribution in [0.1, 0.15) is 15.6 Å². The van der Waals surface area contributed by atoms with Crippen LogP contribution < -0.4 is 5.73 Å². The smallest absolute Gasteiger partial charge is 0.186 e. The number of nitrogens with zero attached hydrogens (tertiary/aromatic N) is 1. The van der Waals surface area contributed by atoms with Gasteiger partial charge in [-0.2, -0.15) is 0 Å². The summed E-state index contributed by atoms with van der Waals surface area (Å²) in [6.45, 7) is 3.80. The first kappa shape index (κ1) is 13.0.